The number of benzene rings is 2. The van der Waals surface area contributed by atoms with Crippen LogP contribution in [-0.4, -0.2) is 55.4 Å². The molecule has 9 nitrogen and oxygen atoms in total. The van der Waals surface area contributed by atoms with Crippen molar-refractivity contribution >= 4 is 54.1 Å². The number of fused-ring (bicyclic) bond motifs is 1. The fourth-order valence-electron chi connectivity index (χ4n) is 3.82. The fraction of sp³-hybridized carbons (Fsp3) is 0.208. The van der Waals surface area contributed by atoms with Gasteiger partial charge in [-0.3, -0.25) is 9.52 Å². The van der Waals surface area contributed by atoms with Crippen molar-refractivity contribution in [3.05, 3.63) is 71.9 Å². The summed E-state index contributed by atoms with van der Waals surface area (Å²) in [6.45, 7) is 4.76. The number of carbonyl (C=O) groups excluding carboxylic acids is 1. The van der Waals surface area contributed by atoms with Crippen LogP contribution >= 0.6 is 11.3 Å². The molecule has 11 heteroatoms. The fourth-order valence-corrected chi connectivity index (χ4v) is 5.91. The second-order valence-electron chi connectivity index (χ2n) is 8.19. The van der Waals surface area contributed by atoms with Crippen molar-refractivity contribution in [3.8, 4) is 0 Å². The summed E-state index contributed by atoms with van der Waals surface area (Å²) in [7, 11) is -3.81. The van der Waals surface area contributed by atoms with E-state index in [1.54, 1.807) is 35.4 Å². The predicted octanol–water partition coefficient (Wildman–Crippen LogP) is 3.59. The van der Waals surface area contributed by atoms with E-state index < -0.39 is 10.0 Å². The van der Waals surface area contributed by atoms with Gasteiger partial charge in [-0.25, -0.2) is 18.4 Å². The molecule has 0 unspecified atom stereocenters. The van der Waals surface area contributed by atoms with Crippen LogP contribution in [0.4, 0.5) is 16.6 Å². The Bertz CT molecular complexity index is 1480. The molecule has 4 aromatic rings. The van der Waals surface area contributed by atoms with E-state index in [9.17, 15) is 13.2 Å². The van der Waals surface area contributed by atoms with E-state index in [4.69, 9.17) is 0 Å². The first-order valence-corrected chi connectivity index (χ1v) is 13.4. The molecule has 1 amide bonds. The van der Waals surface area contributed by atoms with Crippen LogP contribution in [0.15, 0.2) is 65.7 Å². The van der Waals surface area contributed by atoms with E-state index in [0.29, 0.717) is 35.3 Å². The van der Waals surface area contributed by atoms with Crippen LogP contribution in [0.2, 0.25) is 0 Å². The highest BCUT2D eigenvalue weighted by atomic mass is 32.2. The summed E-state index contributed by atoms with van der Waals surface area (Å²) in [6, 6.07) is 15.6. The van der Waals surface area contributed by atoms with E-state index in [1.807, 2.05) is 25.1 Å². The normalized spacial score (nSPS) is 14.1. The Morgan fingerprint density at radius 1 is 1.09 bits per heavy atom. The summed E-state index contributed by atoms with van der Waals surface area (Å²) in [5.41, 5.74) is 2.91. The predicted molar refractivity (Wildman–Crippen MR) is 138 cm³/mol. The third kappa shape index (κ3) is 5.11. The first-order valence-electron chi connectivity index (χ1n) is 11.1. The van der Waals surface area contributed by atoms with Crippen LogP contribution in [-0.2, 0) is 10.0 Å². The second kappa shape index (κ2) is 9.61. The standard InChI is InChI=1S/C24H24N6O3S2/c1-16-4-9-21-20(15-16)28-24(34-21)29-35(32,33)18-7-5-17(6-8-18)27-22-19(3-2-10-26-22)23(31)30-13-11-25-12-14-30/h2-10,15,25H,11-14H2,1H3,(H,26,27)(H,28,29). The van der Waals surface area contributed by atoms with Crippen molar-refractivity contribution in [1.29, 1.82) is 0 Å². The van der Waals surface area contributed by atoms with Crippen LogP contribution in [0.25, 0.3) is 10.2 Å². The molecule has 3 N–H and O–H groups in total. The first kappa shape index (κ1) is 23.2. The topological polar surface area (TPSA) is 116 Å². The Balaban J connectivity index is 1.32. The molecule has 3 heterocycles. The minimum atomic E-state index is -3.81. The van der Waals surface area contributed by atoms with Crippen molar-refractivity contribution in [2.45, 2.75) is 11.8 Å². The lowest BCUT2D eigenvalue weighted by atomic mass is 10.2. The molecule has 2 aromatic heterocycles. The maximum Gasteiger partial charge on any atom is 0.263 e. The van der Waals surface area contributed by atoms with E-state index >= 15 is 0 Å². The van der Waals surface area contributed by atoms with Gasteiger partial charge in [-0.15, -0.1) is 0 Å². The van der Waals surface area contributed by atoms with Crippen molar-refractivity contribution in [1.82, 2.24) is 20.2 Å². The number of rotatable bonds is 6. The monoisotopic (exact) mass is 508 g/mol. The third-order valence-corrected chi connectivity index (χ3v) is 8.07. The molecule has 1 saturated heterocycles. The molecule has 35 heavy (non-hydrogen) atoms. The smallest absolute Gasteiger partial charge is 0.263 e. The number of thiazole rings is 1. The van der Waals surface area contributed by atoms with Gasteiger partial charge >= 0.3 is 0 Å². The van der Waals surface area contributed by atoms with Gasteiger partial charge in [0.25, 0.3) is 15.9 Å². The van der Waals surface area contributed by atoms with E-state index in [2.05, 4.69) is 25.3 Å². The summed E-state index contributed by atoms with van der Waals surface area (Å²) in [5, 5.41) is 6.70. The molecule has 0 saturated carbocycles. The molecule has 1 aliphatic heterocycles. The number of piperazine rings is 1. The molecule has 0 bridgehead atoms. The molecular formula is C24H24N6O3S2. The van der Waals surface area contributed by atoms with Crippen LogP contribution < -0.4 is 15.4 Å². The molecule has 0 radical (unpaired) electrons. The summed E-state index contributed by atoms with van der Waals surface area (Å²) in [5.74, 6) is 0.339. The lowest BCUT2D eigenvalue weighted by Gasteiger charge is -2.28. The van der Waals surface area contributed by atoms with Gasteiger partial charge < -0.3 is 15.5 Å². The third-order valence-electron chi connectivity index (χ3n) is 5.63. The minimum absolute atomic E-state index is 0.0865. The van der Waals surface area contributed by atoms with Crippen LogP contribution in [0.5, 0.6) is 0 Å². The lowest BCUT2D eigenvalue weighted by Crippen LogP contribution is -2.46. The van der Waals surface area contributed by atoms with E-state index in [1.165, 1.54) is 23.5 Å². The quantitative estimate of drug-likeness (QED) is 0.364. The SMILES string of the molecule is Cc1ccc2sc(NS(=O)(=O)c3ccc(Nc4ncccc4C(=O)N4CCNCC4)cc3)nc2c1. The first-order chi connectivity index (χ1) is 16.9. The molecular weight excluding hydrogens is 484 g/mol. The Labute approximate surface area is 207 Å². The number of hydrogen-bond donors (Lipinski definition) is 3. The highest BCUT2D eigenvalue weighted by Gasteiger charge is 2.22. The average molecular weight is 509 g/mol. The molecule has 0 spiro atoms. The number of nitrogens with zero attached hydrogens (tertiary/aromatic N) is 3. The van der Waals surface area contributed by atoms with Gasteiger partial charge in [-0.2, -0.15) is 0 Å². The zero-order chi connectivity index (χ0) is 24.4. The largest absolute Gasteiger partial charge is 0.340 e. The number of sulfonamides is 1. The molecule has 5 rings (SSSR count). The summed E-state index contributed by atoms with van der Waals surface area (Å²) < 4.78 is 29.3. The highest BCUT2D eigenvalue weighted by molar-refractivity contribution is 7.93. The van der Waals surface area contributed by atoms with Crippen molar-refractivity contribution in [2.75, 3.05) is 36.2 Å². The number of aryl methyl sites for hydroxylation is 1. The number of amides is 1. The zero-order valence-electron chi connectivity index (χ0n) is 19.0. The number of anilines is 3. The number of carbonyl (C=O) groups is 1. The molecule has 0 aliphatic carbocycles. The number of hydrogen-bond acceptors (Lipinski definition) is 8. The maximum absolute atomic E-state index is 13.0. The number of pyridine rings is 1. The Kier molecular flexibility index (Phi) is 6.37. The molecule has 180 valence electrons. The van der Waals surface area contributed by atoms with Crippen LogP contribution in [0.1, 0.15) is 15.9 Å². The van der Waals surface area contributed by atoms with Gasteiger partial charge in [0.2, 0.25) is 0 Å². The van der Waals surface area contributed by atoms with Gasteiger partial charge in [-0.05, 0) is 61.0 Å². The van der Waals surface area contributed by atoms with Gasteiger partial charge in [0, 0.05) is 38.1 Å². The molecule has 1 fully saturated rings. The van der Waals surface area contributed by atoms with Gasteiger partial charge in [0.15, 0.2) is 5.13 Å². The summed E-state index contributed by atoms with van der Waals surface area (Å²) >= 11 is 1.29. The Morgan fingerprint density at radius 3 is 2.63 bits per heavy atom. The minimum Gasteiger partial charge on any atom is -0.340 e. The highest BCUT2D eigenvalue weighted by Crippen LogP contribution is 2.29. The number of nitrogens with one attached hydrogen (secondary N) is 3. The zero-order valence-corrected chi connectivity index (χ0v) is 20.6. The summed E-state index contributed by atoms with van der Waals surface area (Å²) in [6.07, 6.45) is 1.61. The lowest BCUT2D eigenvalue weighted by molar-refractivity contribution is 0.0736. The van der Waals surface area contributed by atoms with Gasteiger partial charge in [0.1, 0.15) is 5.82 Å². The van der Waals surface area contributed by atoms with Crippen molar-refractivity contribution < 1.29 is 13.2 Å². The Hall–Kier alpha value is -3.54. The molecule has 0 atom stereocenters. The molecule has 1 aliphatic rings. The summed E-state index contributed by atoms with van der Waals surface area (Å²) in [4.78, 5) is 23.6. The maximum atomic E-state index is 13.0. The van der Waals surface area contributed by atoms with Crippen LogP contribution in [0.3, 0.4) is 0 Å². The van der Waals surface area contributed by atoms with Crippen molar-refractivity contribution in [2.24, 2.45) is 0 Å². The van der Waals surface area contributed by atoms with Crippen molar-refractivity contribution in [3.63, 3.8) is 0 Å². The van der Waals surface area contributed by atoms with E-state index in [-0.39, 0.29) is 10.8 Å². The van der Waals surface area contributed by atoms with Gasteiger partial charge in [-0.1, -0.05) is 17.4 Å². The Morgan fingerprint density at radius 2 is 1.86 bits per heavy atom. The van der Waals surface area contributed by atoms with Crippen LogP contribution in [0, 0.1) is 6.92 Å². The second-order valence-corrected chi connectivity index (χ2v) is 10.9. The molecule has 2 aromatic carbocycles. The van der Waals surface area contributed by atoms with Gasteiger partial charge in [0.05, 0.1) is 20.7 Å². The number of aromatic nitrogens is 2. The average Bonchev–Trinajstić information content (AvgIpc) is 3.25. The van der Waals surface area contributed by atoms with E-state index in [0.717, 1.165) is 28.9 Å².